The van der Waals surface area contributed by atoms with Crippen LogP contribution >= 0.6 is 0 Å². The molecule has 1 atom stereocenters. The second-order valence-corrected chi connectivity index (χ2v) is 4.91. The predicted molar refractivity (Wildman–Crippen MR) is 74.7 cm³/mol. The molecule has 0 bridgehead atoms. The highest BCUT2D eigenvalue weighted by Crippen LogP contribution is 2.19. The highest BCUT2D eigenvalue weighted by atomic mass is 15.2. The highest BCUT2D eigenvalue weighted by molar-refractivity contribution is 5.49. The summed E-state index contributed by atoms with van der Waals surface area (Å²) < 4.78 is 0. The van der Waals surface area contributed by atoms with Gasteiger partial charge in [-0.25, -0.2) is 0 Å². The highest BCUT2D eigenvalue weighted by Gasteiger charge is 2.18. The molecule has 0 radical (unpaired) electrons. The molecule has 2 heteroatoms. The lowest BCUT2D eigenvalue weighted by molar-refractivity contribution is 0.431. The van der Waals surface area contributed by atoms with Crippen molar-refractivity contribution in [3.63, 3.8) is 0 Å². The third kappa shape index (κ3) is 3.22. The van der Waals surface area contributed by atoms with Gasteiger partial charge in [0.25, 0.3) is 0 Å². The molecule has 0 amide bonds. The van der Waals surface area contributed by atoms with Crippen LogP contribution in [0.25, 0.3) is 0 Å². The molecule has 1 unspecified atom stereocenters. The first-order valence-electron chi connectivity index (χ1n) is 6.90. The number of aryl methyl sites for hydroxylation is 1. The average Bonchev–Trinajstić information content (AvgIpc) is 2.40. The van der Waals surface area contributed by atoms with Crippen LogP contribution in [0, 0.1) is 0 Å². The molecule has 1 aromatic rings. The summed E-state index contributed by atoms with van der Waals surface area (Å²) in [6, 6.07) is 9.65. The van der Waals surface area contributed by atoms with Crippen molar-refractivity contribution < 1.29 is 0 Å². The molecule has 1 N–H and O–H groups in total. The first-order valence-corrected chi connectivity index (χ1v) is 6.90. The van der Waals surface area contributed by atoms with Gasteiger partial charge in [-0.3, -0.25) is 0 Å². The number of benzene rings is 1. The Balaban J connectivity index is 2.05. The van der Waals surface area contributed by atoms with E-state index >= 15 is 0 Å². The number of anilines is 1. The summed E-state index contributed by atoms with van der Waals surface area (Å²) in [4.78, 5) is 2.52. The topological polar surface area (TPSA) is 15.3 Å². The van der Waals surface area contributed by atoms with Crippen LogP contribution in [0.5, 0.6) is 0 Å². The van der Waals surface area contributed by atoms with E-state index < -0.39 is 0 Å². The molecule has 1 aliphatic rings. The van der Waals surface area contributed by atoms with Crippen LogP contribution in [0.4, 0.5) is 5.69 Å². The van der Waals surface area contributed by atoms with Crippen LogP contribution in [-0.4, -0.2) is 25.7 Å². The summed E-state index contributed by atoms with van der Waals surface area (Å²) in [6.07, 6.45) is 3.67. The minimum atomic E-state index is 0.666. The summed E-state index contributed by atoms with van der Waals surface area (Å²) in [5.74, 6) is 0. The molecule has 1 aromatic carbocycles. The first kappa shape index (κ1) is 12.4. The van der Waals surface area contributed by atoms with E-state index in [-0.39, 0.29) is 0 Å². The standard InChI is InChI=1S/C15H24N2/c1-3-6-14-12-17(10-9-16-14)15-8-5-7-13(4-2)11-15/h5,7-8,11,14,16H,3-4,6,9-10,12H2,1-2H3. The fourth-order valence-corrected chi connectivity index (χ4v) is 2.57. The Morgan fingerprint density at radius 3 is 3.00 bits per heavy atom. The molecule has 0 spiro atoms. The molecule has 0 saturated carbocycles. The molecule has 17 heavy (non-hydrogen) atoms. The van der Waals surface area contributed by atoms with Crippen molar-refractivity contribution in [2.24, 2.45) is 0 Å². The second-order valence-electron chi connectivity index (χ2n) is 4.91. The van der Waals surface area contributed by atoms with Crippen LogP contribution in [0.3, 0.4) is 0 Å². The van der Waals surface area contributed by atoms with E-state index in [1.165, 1.54) is 24.1 Å². The lowest BCUT2D eigenvalue weighted by Gasteiger charge is -2.35. The average molecular weight is 232 g/mol. The van der Waals surface area contributed by atoms with Crippen molar-refractivity contribution in [1.29, 1.82) is 0 Å². The van der Waals surface area contributed by atoms with E-state index in [1.807, 2.05) is 0 Å². The van der Waals surface area contributed by atoms with E-state index in [4.69, 9.17) is 0 Å². The summed E-state index contributed by atoms with van der Waals surface area (Å²) >= 11 is 0. The van der Waals surface area contributed by atoms with Crippen molar-refractivity contribution in [2.45, 2.75) is 39.2 Å². The number of nitrogens with zero attached hydrogens (tertiary/aromatic N) is 1. The lowest BCUT2D eigenvalue weighted by Crippen LogP contribution is -2.50. The molecule has 1 fully saturated rings. The van der Waals surface area contributed by atoms with Gasteiger partial charge in [0.2, 0.25) is 0 Å². The van der Waals surface area contributed by atoms with Crippen molar-refractivity contribution in [2.75, 3.05) is 24.5 Å². The summed E-state index contributed by atoms with van der Waals surface area (Å²) in [5, 5.41) is 3.61. The monoisotopic (exact) mass is 232 g/mol. The molecule has 2 rings (SSSR count). The third-order valence-corrected chi connectivity index (χ3v) is 3.58. The Hall–Kier alpha value is -1.02. The third-order valence-electron chi connectivity index (χ3n) is 3.58. The number of hydrogen-bond acceptors (Lipinski definition) is 2. The maximum absolute atomic E-state index is 3.61. The smallest absolute Gasteiger partial charge is 0.0369 e. The molecular formula is C15H24N2. The maximum atomic E-state index is 3.61. The van der Waals surface area contributed by atoms with Crippen LogP contribution < -0.4 is 10.2 Å². The fraction of sp³-hybridized carbons (Fsp3) is 0.600. The molecule has 1 saturated heterocycles. The summed E-state index contributed by atoms with van der Waals surface area (Å²) in [6.45, 7) is 7.88. The predicted octanol–water partition coefficient (Wildman–Crippen LogP) is 2.83. The van der Waals surface area contributed by atoms with Gasteiger partial charge in [-0.05, 0) is 30.5 Å². The Kier molecular flexibility index (Phi) is 4.43. The number of piperazine rings is 1. The van der Waals surface area contributed by atoms with E-state index in [0.717, 1.165) is 26.1 Å². The largest absolute Gasteiger partial charge is 0.369 e. The first-order chi connectivity index (χ1) is 8.33. The number of nitrogens with one attached hydrogen (secondary N) is 1. The van der Waals surface area contributed by atoms with E-state index in [0.29, 0.717) is 6.04 Å². The zero-order chi connectivity index (χ0) is 12.1. The van der Waals surface area contributed by atoms with Crippen molar-refractivity contribution >= 4 is 5.69 Å². The quantitative estimate of drug-likeness (QED) is 0.858. The molecule has 1 aliphatic heterocycles. The van der Waals surface area contributed by atoms with Crippen LogP contribution in [0.1, 0.15) is 32.3 Å². The Bertz CT molecular complexity index is 347. The molecule has 94 valence electrons. The maximum Gasteiger partial charge on any atom is 0.0369 e. The van der Waals surface area contributed by atoms with Crippen LogP contribution in [0.15, 0.2) is 24.3 Å². The molecule has 1 heterocycles. The van der Waals surface area contributed by atoms with Gasteiger partial charge in [0.15, 0.2) is 0 Å². The van der Waals surface area contributed by atoms with Gasteiger partial charge in [-0.1, -0.05) is 32.4 Å². The SMILES string of the molecule is CCCC1CN(c2cccc(CC)c2)CCN1. The molecular weight excluding hydrogens is 208 g/mol. The minimum Gasteiger partial charge on any atom is -0.369 e. The second kappa shape index (κ2) is 6.06. The zero-order valence-corrected chi connectivity index (χ0v) is 11.1. The summed E-state index contributed by atoms with van der Waals surface area (Å²) in [7, 11) is 0. The zero-order valence-electron chi connectivity index (χ0n) is 11.1. The van der Waals surface area contributed by atoms with Crippen molar-refractivity contribution in [3.05, 3.63) is 29.8 Å². The van der Waals surface area contributed by atoms with Crippen LogP contribution in [-0.2, 0) is 6.42 Å². The Labute approximate surface area is 105 Å². The molecule has 0 aromatic heterocycles. The van der Waals surface area contributed by atoms with Crippen molar-refractivity contribution in [1.82, 2.24) is 5.32 Å². The molecule has 0 aliphatic carbocycles. The van der Waals surface area contributed by atoms with Gasteiger partial charge in [0.1, 0.15) is 0 Å². The number of hydrogen-bond donors (Lipinski definition) is 1. The Morgan fingerprint density at radius 1 is 1.35 bits per heavy atom. The van der Waals surface area contributed by atoms with E-state index in [9.17, 15) is 0 Å². The number of rotatable bonds is 4. The fourth-order valence-electron chi connectivity index (χ4n) is 2.57. The van der Waals surface area contributed by atoms with Crippen molar-refractivity contribution in [3.8, 4) is 0 Å². The summed E-state index contributed by atoms with van der Waals surface area (Å²) in [5.41, 5.74) is 2.83. The van der Waals surface area contributed by atoms with Crippen LogP contribution in [0.2, 0.25) is 0 Å². The van der Waals surface area contributed by atoms with E-state index in [1.54, 1.807) is 0 Å². The lowest BCUT2D eigenvalue weighted by atomic mass is 10.1. The van der Waals surface area contributed by atoms with Gasteiger partial charge >= 0.3 is 0 Å². The van der Waals surface area contributed by atoms with Gasteiger partial charge in [-0.2, -0.15) is 0 Å². The van der Waals surface area contributed by atoms with Gasteiger partial charge < -0.3 is 10.2 Å². The minimum absolute atomic E-state index is 0.666. The van der Waals surface area contributed by atoms with E-state index in [2.05, 4.69) is 48.3 Å². The normalized spacial score (nSPS) is 20.6. The van der Waals surface area contributed by atoms with Gasteiger partial charge in [0.05, 0.1) is 0 Å². The molecule has 2 nitrogen and oxygen atoms in total. The van der Waals surface area contributed by atoms with Gasteiger partial charge in [0, 0.05) is 31.4 Å². The van der Waals surface area contributed by atoms with Gasteiger partial charge in [-0.15, -0.1) is 0 Å². The Morgan fingerprint density at radius 2 is 2.24 bits per heavy atom.